The fraction of sp³-hybridized carbons (Fsp3) is 0.500. The molecule has 1 unspecified atom stereocenters. The van der Waals surface area contributed by atoms with Crippen LogP contribution in [0.5, 0.6) is 0 Å². The van der Waals surface area contributed by atoms with Crippen LogP contribution >= 0.6 is 11.3 Å². The van der Waals surface area contributed by atoms with Crippen molar-refractivity contribution in [2.75, 3.05) is 32.9 Å². The van der Waals surface area contributed by atoms with Gasteiger partial charge < -0.3 is 14.4 Å². The molecule has 1 amide bonds. The lowest BCUT2D eigenvalue weighted by Crippen LogP contribution is -2.57. The van der Waals surface area contributed by atoms with Crippen LogP contribution in [-0.4, -0.2) is 59.5 Å². The van der Waals surface area contributed by atoms with Crippen molar-refractivity contribution in [3.05, 3.63) is 29.3 Å². The molecule has 1 atom stereocenters. The molecule has 23 heavy (non-hydrogen) atoms. The summed E-state index contributed by atoms with van der Waals surface area (Å²) in [4.78, 5) is 15.7. The maximum absolute atomic E-state index is 12.8. The molecule has 4 heterocycles. The van der Waals surface area contributed by atoms with Crippen molar-refractivity contribution in [2.24, 2.45) is 0 Å². The monoisotopic (exact) mass is 333 g/mol. The van der Waals surface area contributed by atoms with Gasteiger partial charge in [-0.15, -0.1) is 11.3 Å². The molecule has 4 rings (SSSR count). The van der Waals surface area contributed by atoms with Crippen LogP contribution in [0.1, 0.15) is 23.3 Å². The Bertz CT molecular complexity index is 671. The molecular weight excluding hydrogens is 314 g/mol. The summed E-state index contributed by atoms with van der Waals surface area (Å²) < 4.78 is 11.5. The van der Waals surface area contributed by atoms with Gasteiger partial charge in [0.25, 0.3) is 5.91 Å². The third kappa shape index (κ3) is 2.91. The largest absolute Gasteiger partial charge is 0.378 e. The number of amides is 1. The SMILES string of the molecule is O=C(c1cc(-c2cccs2)[nH]n1)N1CCOC2(CCCOC2)C1. The predicted octanol–water partition coefficient (Wildman–Crippen LogP) is 2.16. The molecule has 6 nitrogen and oxygen atoms in total. The first kappa shape index (κ1) is 14.9. The van der Waals surface area contributed by atoms with Gasteiger partial charge in [-0.3, -0.25) is 9.89 Å². The Hall–Kier alpha value is -1.70. The van der Waals surface area contributed by atoms with E-state index in [0.717, 1.165) is 30.0 Å². The lowest BCUT2D eigenvalue weighted by Gasteiger charge is -2.44. The van der Waals surface area contributed by atoms with Crippen LogP contribution in [0.15, 0.2) is 23.6 Å². The summed E-state index contributed by atoms with van der Waals surface area (Å²) in [7, 11) is 0. The van der Waals surface area contributed by atoms with Gasteiger partial charge >= 0.3 is 0 Å². The van der Waals surface area contributed by atoms with E-state index >= 15 is 0 Å². The number of morpholine rings is 1. The average Bonchev–Trinajstić information content (AvgIpc) is 3.26. The number of aromatic nitrogens is 2. The van der Waals surface area contributed by atoms with Gasteiger partial charge in [-0.1, -0.05) is 6.07 Å². The van der Waals surface area contributed by atoms with Gasteiger partial charge in [-0.25, -0.2) is 0 Å². The number of ether oxygens (including phenoxy) is 2. The number of carbonyl (C=O) groups is 1. The van der Waals surface area contributed by atoms with Crippen LogP contribution in [0.3, 0.4) is 0 Å². The number of nitrogens with zero attached hydrogens (tertiary/aromatic N) is 2. The molecule has 0 radical (unpaired) electrons. The second-order valence-electron chi connectivity index (χ2n) is 6.06. The molecule has 0 saturated carbocycles. The van der Waals surface area contributed by atoms with E-state index in [1.807, 2.05) is 28.5 Å². The number of rotatable bonds is 2. The molecule has 2 aliphatic heterocycles. The molecule has 7 heteroatoms. The van der Waals surface area contributed by atoms with Gasteiger partial charge in [0.2, 0.25) is 0 Å². The summed E-state index contributed by atoms with van der Waals surface area (Å²) in [5.74, 6) is -0.0442. The number of nitrogens with one attached hydrogen (secondary N) is 1. The zero-order chi connectivity index (χ0) is 15.7. The van der Waals surface area contributed by atoms with Crippen molar-refractivity contribution in [1.29, 1.82) is 0 Å². The second kappa shape index (κ2) is 6.07. The maximum atomic E-state index is 12.8. The van der Waals surface area contributed by atoms with E-state index in [1.165, 1.54) is 0 Å². The van der Waals surface area contributed by atoms with Crippen molar-refractivity contribution in [3.63, 3.8) is 0 Å². The average molecular weight is 333 g/mol. The maximum Gasteiger partial charge on any atom is 0.274 e. The first-order valence-corrected chi connectivity index (χ1v) is 8.74. The van der Waals surface area contributed by atoms with Crippen LogP contribution < -0.4 is 0 Å². The number of thiophene rings is 1. The summed E-state index contributed by atoms with van der Waals surface area (Å²) in [6.07, 6.45) is 1.92. The van der Waals surface area contributed by atoms with Gasteiger partial charge in [-0.05, 0) is 30.4 Å². The number of hydrogen-bond donors (Lipinski definition) is 1. The first-order valence-electron chi connectivity index (χ1n) is 7.86. The lowest BCUT2D eigenvalue weighted by molar-refractivity contribution is -0.160. The van der Waals surface area contributed by atoms with Crippen LogP contribution in [0, 0.1) is 0 Å². The standard InChI is InChI=1S/C16H19N3O3S/c20-15(13-9-12(17-18-13)14-3-1-8-23-14)19-5-7-22-16(10-19)4-2-6-21-11-16/h1,3,8-9H,2,4-7,10-11H2,(H,17,18). The summed E-state index contributed by atoms with van der Waals surface area (Å²) >= 11 is 1.62. The smallest absolute Gasteiger partial charge is 0.274 e. The van der Waals surface area contributed by atoms with Crippen LogP contribution in [-0.2, 0) is 9.47 Å². The second-order valence-corrected chi connectivity index (χ2v) is 7.01. The zero-order valence-corrected chi connectivity index (χ0v) is 13.6. The van der Waals surface area contributed by atoms with E-state index in [0.29, 0.717) is 32.0 Å². The van der Waals surface area contributed by atoms with E-state index in [4.69, 9.17) is 9.47 Å². The minimum absolute atomic E-state index is 0.0442. The fourth-order valence-electron chi connectivity index (χ4n) is 3.23. The summed E-state index contributed by atoms with van der Waals surface area (Å²) in [5.41, 5.74) is 1.01. The number of carbonyl (C=O) groups excluding carboxylic acids is 1. The van der Waals surface area contributed by atoms with Crippen molar-refractivity contribution in [1.82, 2.24) is 15.1 Å². The molecule has 0 aliphatic carbocycles. The Morgan fingerprint density at radius 1 is 1.43 bits per heavy atom. The topological polar surface area (TPSA) is 67.5 Å². The van der Waals surface area contributed by atoms with E-state index < -0.39 is 0 Å². The molecule has 2 aromatic heterocycles. The molecule has 1 spiro atoms. The molecule has 122 valence electrons. The predicted molar refractivity (Wildman–Crippen MR) is 86.5 cm³/mol. The number of aromatic amines is 1. The third-order valence-corrected chi connectivity index (χ3v) is 5.31. The minimum Gasteiger partial charge on any atom is -0.378 e. The summed E-state index contributed by atoms with van der Waals surface area (Å²) in [6, 6.07) is 5.82. The van der Waals surface area contributed by atoms with Crippen molar-refractivity contribution < 1.29 is 14.3 Å². The van der Waals surface area contributed by atoms with Gasteiger partial charge in [0.15, 0.2) is 5.69 Å². The molecule has 2 aliphatic rings. The Labute approximate surface area is 138 Å². The molecular formula is C16H19N3O3S. The van der Waals surface area contributed by atoms with Gasteiger partial charge in [0.1, 0.15) is 5.60 Å². The van der Waals surface area contributed by atoms with Crippen LogP contribution in [0.2, 0.25) is 0 Å². The van der Waals surface area contributed by atoms with E-state index in [9.17, 15) is 4.79 Å². The molecule has 2 saturated heterocycles. The molecule has 2 aromatic rings. The summed E-state index contributed by atoms with van der Waals surface area (Å²) in [6.45, 7) is 3.08. The Kier molecular flexibility index (Phi) is 3.92. The fourth-order valence-corrected chi connectivity index (χ4v) is 3.93. The van der Waals surface area contributed by atoms with E-state index in [1.54, 1.807) is 11.3 Å². The van der Waals surface area contributed by atoms with Gasteiger partial charge in [0, 0.05) is 13.2 Å². The molecule has 0 aromatic carbocycles. The Morgan fingerprint density at radius 2 is 2.39 bits per heavy atom. The summed E-state index contributed by atoms with van der Waals surface area (Å²) in [5, 5.41) is 9.16. The van der Waals surface area contributed by atoms with Gasteiger partial charge in [0.05, 0.1) is 30.3 Å². The van der Waals surface area contributed by atoms with E-state index in [-0.39, 0.29) is 11.5 Å². The first-order chi connectivity index (χ1) is 11.3. The van der Waals surface area contributed by atoms with Gasteiger partial charge in [-0.2, -0.15) is 5.10 Å². The van der Waals surface area contributed by atoms with Crippen LogP contribution in [0.25, 0.3) is 10.6 Å². The number of H-pyrrole nitrogens is 1. The van der Waals surface area contributed by atoms with Crippen molar-refractivity contribution >= 4 is 17.2 Å². The molecule has 1 N–H and O–H groups in total. The molecule has 0 bridgehead atoms. The highest BCUT2D eigenvalue weighted by atomic mass is 32.1. The number of hydrogen-bond acceptors (Lipinski definition) is 5. The highest BCUT2D eigenvalue weighted by molar-refractivity contribution is 7.13. The molecule has 2 fully saturated rings. The highest BCUT2D eigenvalue weighted by Gasteiger charge is 2.40. The Balaban J connectivity index is 1.50. The zero-order valence-electron chi connectivity index (χ0n) is 12.8. The highest BCUT2D eigenvalue weighted by Crippen LogP contribution is 2.29. The minimum atomic E-state index is -0.334. The van der Waals surface area contributed by atoms with Crippen LogP contribution in [0.4, 0.5) is 0 Å². The van der Waals surface area contributed by atoms with E-state index in [2.05, 4.69) is 10.2 Å². The Morgan fingerprint density at radius 3 is 3.17 bits per heavy atom. The lowest BCUT2D eigenvalue weighted by atomic mass is 9.94. The van der Waals surface area contributed by atoms with Crippen molar-refractivity contribution in [3.8, 4) is 10.6 Å². The third-order valence-electron chi connectivity index (χ3n) is 4.41. The normalized spacial score (nSPS) is 25.0. The van der Waals surface area contributed by atoms with Crippen molar-refractivity contribution in [2.45, 2.75) is 18.4 Å². The quantitative estimate of drug-likeness (QED) is 0.914.